The van der Waals surface area contributed by atoms with Crippen molar-refractivity contribution in [2.24, 2.45) is 5.92 Å². The smallest absolute Gasteiger partial charge is 0.119 e. The molecule has 0 aliphatic carbocycles. The maximum Gasteiger partial charge on any atom is 0.119 e. The van der Waals surface area contributed by atoms with Crippen molar-refractivity contribution >= 4 is 11.6 Å². The van der Waals surface area contributed by atoms with Crippen molar-refractivity contribution < 1.29 is 9.47 Å². The molecule has 108 valence electrons. The van der Waals surface area contributed by atoms with Gasteiger partial charge in [0.2, 0.25) is 0 Å². The minimum Gasteiger partial charge on any atom is -0.497 e. The normalized spacial score (nSPS) is 12.5. The van der Waals surface area contributed by atoms with Crippen LogP contribution in [0.4, 0.5) is 0 Å². The van der Waals surface area contributed by atoms with E-state index in [9.17, 15) is 0 Å². The van der Waals surface area contributed by atoms with Crippen LogP contribution in [0.2, 0.25) is 0 Å². The third-order valence-corrected chi connectivity index (χ3v) is 3.28. The lowest BCUT2D eigenvalue weighted by Gasteiger charge is -2.21. The van der Waals surface area contributed by atoms with Crippen LogP contribution in [-0.2, 0) is 0 Å². The van der Waals surface area contributed by atoms with Gasteiger partial charge in [-0.3, -0.25) is 0 Å². The zero-order valence-electron chi connectivity index (χ0n) is 12.0. The van der Waals surface area contributed by atoms with Crippen LogP contribution in [-0.4, -0.2) is 32.2 Å². The third kappa shape index (κ3) is 6.17. The molecule has 1 aromatic rings. The first-order valence-corrected chi connectivity index (χ1v) is 7.27. The summed E-state index contributed by atoms with van der Waals surface area (Å²) in [5.41, 5.74) is 0. The van der Waals surface area contributed by atoms with E-state index in [0.29, 0.717) is 24.4 Å². The quantitative estimate of drug-likeness (QED) is 0.558. The molecule has 0 amide bonds. The topological polar surface area (TPSA) is 30.5 Å². The average molecular weight is 286 g/mol. The monoisotopic (exact) mass is 285 g/mol. The second-order valence-corrected chi connectivity index (χ2v) is 5.18. The summed E-state index contributed by atoms with van der Waals surface area (Å²) in [6.45, 7) is 5.88. The van der Waals surface area contributed by atoms with Crippen LogP contribution in [0.5, 0.6) is 11.5 Å². The van der Waals surface area contributed by atoms with Crippen molar-refractivity contribution in [3.05, 3.63) is 24.3 Å². The van der Waals surface area contributed by atoms with Gasteiger partial charge in [0.15, 0.2) is 0 Å². The molecule has 1 atom stereocenters. The van der Waals surface area contributed by atoms with Gasteiger partial charge in [0.1, 0.15) is 18.1 Å². The zero-order chi connectivity index (χ0) is 14.1. The van der Waals surface area contributed by atoms with E-state index in [4.69, 9.17) is 21.1 Å². The molecule has 0 fully saturated rings. The molecule has 0 saturated heterocycles. The summed E-state index contributed by atoms with van der Waals surface area (Å²) in [5.74, 6) is 2.98. The maximum absolute atomic E-state index is 5.79. The number of hydrogen-bond acceptors (Lipinski definition) is 3. The molecule has 0 aliphatic rings. The fraction of sp³-hybridized carbons (Fsp3) is 0.600. The number of hydrogen-bond donors (Lipinski definition) is 1. The molecule has 1 rings (SSSR count). The highest BCUT2D eigenvalue weighted by Crippen LogP contribution is 2.16. The number of halogens is 1. The maximum atomic E-state index is 5.79. The zero-order valence-corrected chi connectivity index (χ0v) is 12.7. The summed E-state index contributed by atoms with van der Waals surface area (Å²) in [7, 11) is 1.66. The van der Waals surface area contributed by atoms with E-state index in [1.54, 1.807) is 7.11 Å². The van der Waals surface area contributed by atoms with Crippen molar-refractivity contribution in [1.29, 1.82) is 0 Å². The van der Waals surface area contributed by atoms with Crippen molar-refractivity contribution in [1.82, 2.24) is 5.32 Å². The molecule has 4 heteroatoms. The predicted octanol–water partition coefficient (Wildman–Crippen LogP) is 3.32. The molecule has 0 aromatic heterocycles. The van der Waals surface area contributed by atoms with Gasteiger partial charge in [-0.05, 0) is 36.6 Å². The Labute approximate surface area is 121 Å². The fourth-order valence-electron chi connectivity index (χ4n) is 1.87. The van der Waals surface area contributed by atoms with Crippen molar-refractivity contribution in [2.45, 2.75) is 26.3 Å². The van der Waals surface area contributed by atoms with Gasteiger partial charge in [0.05, 0.1) is 7.11 Å². The Morgan fingerprint density at radius 2 is 1.79 bits per heavy atom. The number of alkyl halides is 1. The van der Waals surface area contributed by atoms with Crippen molar-refractivity contribution in [3.8, 4) is 11.5 Å². The first-order valence-electron chi connectivity index (χ1n) is 6.73. The van der Waals surface area contributed by atoms with E-state index in [0.717, 1.165) is 24.5 Å². The SMILES string of the molecule is COc1ccc(OCCNC(CCCl)C(C)C)cc1. The first-order chi connectivity index (χ1) is 9.17. The van der Waals surface area contributed by atoms with Gasteiger partial charge in [-0.25, -0.2) is 0 Å². The highest BCUT2D eigenvalue weighted by atomic mass is 35.5. The largest absolute Gasteiger partial charge is 0.497 e. The van der Waals surface area contributed by atoms with Crippen molar-refractivity contribution in [2.75, 3.05) is 26.1 Å². The van der Waals surface area contributed by atoms with E-state index < -0.39 is 0 Å². The molecule has 0 heterocycles. The molecule has 19 heavy (non-hydrogen) atoms. The van der Waals surface area contributed by atoms with Crippen molar-refractivity contribution in [3.63, 3.8) is 0 Å². The number of methoxy groups -OCH3 is 1. The second-order valence-electron chi connectivity index (χ2n) is 4.81. The summed E-state index contributed by atoms with van der Waals surface area (Å²) in [5, 5.41) is 3.48. The number of nitrogens with one attached hydrogen (secondary N) is 1. The highest BCUT2D eigenvalue weighted by Gasteiger charge is 2.11. The minimum absolute atomic E-state index is 0.456. The fourth-order valence-corrected chi connectivity index (χ4v) is 2.11. The Balaban J connectivity index is 2.25. The Morgan fingerprint density at radius 1 is 1.16 bits per heavy atom. The van der Waals surface area contributed by atoms with Crippen LogP contribution in [0.25, 0.3) is 0 Å². The third-order valence-electron chi connectivity index (χ3n) is 3.06. The molecule has 1 unspecified atom stereocenters. The van der Waals surface area contributed by atoms with Gasteiger partial charge in [-0.1, -0.05) is 13.8 Å². The highest BCUT2D eigenvalue weighted by molar-refractivity contribution is 6.17. The summed E-state index contributed by atoms with van der Waals surface area (Å²) >= 11 is 5.79. The lowest BCUT2D eigenvalue weighted by molar-refractivity contribution is 0.289. The van der Waals surface area contributed by atoms with Gasteiger partial charge in [0.25, 0.3) is 0 Å². The molecule has 0 radical (unpaired) electrons. The molecule has 0 spiro atoms. The second kappa shape index (κ2) is 9.05. The molecule has 0 bridgehead atoms. The number of rotatable bonds is 9. The Hall–Kier alpha value is -0.930. The summed E-state index contributed by atoms with van der Waals surface area (Å²) < 4.78 is 10.8. The first kappa shape index (κ1) is 16.1. The summed E-state index contributed by atoms with van der Waals surface area (Å²) in [4.78, 5) is 0. The van der Waals surface area contributed by atoms with Gasteiger partial charge in [-0.2, -0.15) is 0 Å². The molecule has 1 aromatic carbocycles. The Bertz CT molecular complexity index is 341. The van der Waals surface area contributed by atoms with Crippen LogP contribution < -0.4 is 14.8 Å². The van der Waals surface area contributed by atoms with Crippen LogP contribution in [0.3, 0.4) is 0 Å². The molecule has 0 saturated carbocycles. The summed E-state index contributed by atoms with van der Waals surface area (Å²) in [6, 6.07) is 8.08. The number of benzene rings is 1. The van der Waals surface area contributed by atoms with E-state index in [2.05, 4.69) is 19.2 Å². The van der Waals surface area contributed by atoms with Gasteiger partial charge in [0, 0.05) is 18.5 Å². The van der Waals surface area contributed by atoms with Crippen LogP contribution in [0, 0.1) is 5.92 Å². The van der Waals surface area contributed by atoms with Crippen LogP contribution >= 0.6 is 11.6 Å². The predicted molar refractivity (Wildman–Crippen MR) is 80.5 cm³/mol. The number of ether oxygens (including phenoxy) is 2. The molecular formula is C15H24ClNO2. The van der Waals surface area contributed by atoms with Gasteiger partial charge < -0.3 is 14.8 Å². The molecule has 3 nitrogen and oxygen atoms in total. The van der Waals surface area contributed by atoms with Crippen LogP contribution in [0.15, 0.2) is 24.3 Å². The van der Waals surface area contributed by atoms with E-state index in [1.165, 1.54) is 0 Å². The molecular weight excluding hydrogens is 262 g/mol. The standard InChI is InChI=1S/C15H24ClNO2/c1-12(2)15(8-9-16)17-10-11-19-14-6-4-13(18-3)5-7-14/h4-7,12,15,17H,8-11H2,1-3H3. The lowest BCUT2D eigenvalue weighted by Crippen LogP contribution is -2.36. The lowest BCUT2D eigenvalue weighted by atomic mass is 10.0. The average Bonchev–Trinajstić information content (AvgIpc) is 2.42. The minimum atomic E-state index is 0.456. The molecule has 1 N–H and O–H groups in total. The Morgan fingerprint density at radius 3 is 2.32 bits per heavy atom. The van der Waals surface area contributed by atoms with Crippen LogP contribution in [0.1, 0.15) is 20.3 Å². The van der Waals surface area contributed by atoms with Gasteiger partial charge in [-0.15, -0.1) is 11.6 Å². The summed E-state index contributed by atoms with van der Waals surface area (Å²) in [6.07, 6.45) is 0.988. The van der Waals surface area contributed by atoms with E-state index >= 15 is 0 Å². The van der Waals surface area contributed by atoms with E-state index in [1.807, 2.05) is 24.3 Å². The van der Waals surface area contributed by atoms with Gasteiger partial charge >= 0.3 is 0 Å². The molecule has 0 aliphatic heterocycles. The van der Waals surface area contributed by atoms with E-state index in [-0.39, 0.29) is 0 Å². The Kier molecular flexibility index (Phi) is 7.68.